The number of rotatable bonds is 8. The van der Waals surface area contributed by atoms with Crippen LogP contribution in [0.2, 0.25) is 0 Å². The van der Waals surface area contributed by atoms with Crippen molar-refractivity contribution in [3.63, 3.8) is 0 Å². The Bertz CT molecular complexity index is 652. The average Bonchev–Trinajstić information content (AvgIpc) is 2.78. The number of aliphatic imine (C=N–C) groups is 1. The Labute approximate surface area is 205 Å². The van der Waals surface area contributed by atoms with Crippen LogP contribution in [0, 0.1) is 5.92 Å². The molecule has 0 radical (unpaired) electrons. The largest absolute Gasteiger partial charge is 0.497 e. The van der Waals surface area contributed by atoms with E-state index in [0.717, 1.165) is 57.6 Å². The molecule has 2 atom stereocenters. The zero-order chi connectivity index (χ0) is 21.2. The standard InChI is InChI=1S/C23H39N5O2.HI/c1-4-24-23(25-16-19-6-5-11-27(2)18-19)26-17-22(28-12-14-30-15-13-28)20-7-9-21(29-3)10-8-20;/h7-10,19,22H,4-6,11-18H2,1-3H3,(H2,24,25,26);1H. The second-order valence-electron chi connectivity index (χ2n) is 8.31. The molecule has 2 heterocycles. The maximum absolute atomic E-state index is 5.57. The van der Waals surface area contributed by atoms with Crippen LogP contribution in [0.5, 0.6) is 5.75 Å². The first-order valence-corrected chi connectivity index (χ1v) is 11.4. The molecule has 2 fully saturated rings. The highest BCUT2D eigenvalue weighted by Crippen LogP contribution is 2.24. The third-order valence-electron chi connectivity index (χ3n) is 6.03. The van der Waals surface area contributed by atoms with Crippen molar-refractivity contribution in [1.29, 1.82) is 0 Å². The fourth-order valence-corrected chi connectivity index (χ4v) is 4.35. The molecule has 0 spiro atoms. The number of halogens is 1. The van der Waals surface area contributed by atoms with Gasteiger partial charge in [0.05, 0.1) is 32.9 Å². The number of likely N-dealkylation sites (tertiary alicyclic amines) is 1. The van der Waals surface area contributed by atoms with E-state index in [0.29, 0.717) is 12.5 Å². The predicted molar refractivity (Wildman–Crippen MR) is 138 cm³/mol. The highest BCUT2D eigenvalue weighted by Gasteiger charge is 2.23. The smallest absolute Gasteiger partial charge is 0.191 e. The van der Waals surface area contributed by atoms with Crippen LogP contribution >= 0.6 is 24.0 Å². The van der Waals surface area contributed by atoms with Crippen molar-refractivity contribution in [2.45, 2.75) is 25.8 Å². The molecule has 2 aliphatic rings. The highest BCUT2D eigenvalue weighted by atomic mass is 127. The molecular weight excluding hydrogens is 505 g/mol. The van der Waals surface area contributed by atoms with Gasteiger partial charge in [0, 0.05) is 32.7 Å². The topological polar surface area (TPSA) is 61.4 Å². The first kappa shape index (κ1) is 26.2. The van der Waals surface area contributed by atoms with Crippen molar-refractivity contribution in [3.8, 4) is 5.75 Å². The van der Waals surface area contributed by atoms with Gasteiger partial charge in [0.15, 0.2) is 5.96 Å². The van der Waals surface area contributed by atoms with Gasteiger partial charge >= 0.3 is 0 Å². The Morgan fingerprint density at radius 1 is 1.19 bits per heavy atom. The van der Waals surface area contributed by atoms with E-state index in [1.54, 1.807) is 7.11 Å². The fraction of sp³-hybridized carbons (Fsp3) is 0.696. The number of morpholine rings is 1. The van der Waals surface area contributed by atoms with Gasteiger partial charge in [-0.1, -0.05) is 12.1 Å². The lowest BCUT2D eigenvalue weighted by molar-refractivity contribution is 0.0179. The zero-order valence-electron chi connectivity index (χ0n) is 19.3. The van der Waals surface area contributed by atoms with Crippen molar-refractivity contribution in [2.75, 3.05) is 73.2 Å². The number of piperidine rings is 1. The quantitative estimate of drug-likeness (QED) is 0.298. The minimum Gasteiger partial charge on any atom is -0.497 e. The summed E-state index contributed by atoms with van der Waals surface area (Å²) in [5.41, 5.74) is 1.27. The van der Waals surface area contributed by atoms with Crippen LogP contribution in [0.25, 0.3) is 0 Å². The molecule has 0 saturated carbocycles. The minimum absolute atomic E-state index is 0. The second kappa shape index (κ2) is 14.1. The van der Waals surface area contributed by atoms with Gasteiger partial charge < -0.3 is 25.0 Å². The normalized spacial score (nSPS) is 21.8. The summed E-state index contributed by atoms with van der Waals surface area (Å²) in [7, 11) is 3.92. The molecular formula is C23H40IN5O2. The SMILES string of the molecule is CCNC(=NCC(c1ccc(OC)cc1)N1CCOCC1)NCC1CCCN(C)C1.I. The third kappa shape index (κ3) is 8.40. The number of ether oxygens (including phenoxy) is 2. The maximum Gasteiger partial charge on any atom is 0.191 e. The van der Waals surface area contributed by atoms with Crippen molar-refractivity contribution >= 4 is 29.9 Å². The molecule has 0 bridgehead atoms. The van der Waals surface area contributed by atoms with Gasteiger partial charge in [-0.25, -0.2) is 0 Å². The second-order valence-corrected chi connectivity index (χ2v) is 8.31. The summed E-state index contributed by atoms with van der Waals surface area (Å²) in [5, 5.41) is 7.01. The molecule has 0 aromatic heterocycles. The number of benzene rings is 1. The van der Waals surface area contributed by atoms with E-state index in [-0.39, 0.29) is 30.0 Å². The van der Waals surface area contributed by atoms with E-state index >= 15 is 0 Å². The van der Waals surface area contributed by atoms with Gasteiger partial charge in [0.1, 0.15) is 5.75 Å². The van der Waals surface area contributed by atoms with Crippen LogP contribution in [0.15, 0.2) is 29.3 Å². The monoisotopic (exact) mass is 545 g/mol. The van der Waals surface area contributed by atoms with Gasteiger partial charge in [-0.3, -0.25) is 9.89 Å². The zero-order valence-corrected chi connectivity index (χ0v) is 21.6. The summed E-state index contributed by atoms with van der Waals surface area (Å²) < 4.78 is 10.9. The number of hydrogen-bond donors (Lipinski definition) is 2. The van der Waals surface area contributed by atoms with Crippen LogP contribution in [0.3, 0.4) is 0 Å². The van der Waals surface area contributed by atoms with E-state index in [1.165, 1.54) is 24.9 Å². The summed E-state index contributed by atoms with van der Waals surface area (Å²) in [6, 6.07) is 8.63. The molecule has 2 unspecified atom stereocenters. The Hall–Kier alpha value is -1.10. The molecule has 1 aromatic carbocycles. The average molecular weight is 546 g/mol. The Morgan fingerprint density at radius 3 is 2.58 bits per heavy atom. The fourth-order valence-electron chi connectivity index (χ4n) is 4.35. The first-order chi connectivity index (χ1) is 14.7. The number of nitrogens with one attached hydrogen (secondary N) is 2. The first-order valence-electron chi connectivity index (χ1n) is 11.4. The molecule has 31 heavy (non-hydrogen) atoms. The Morgan fingerprint density at radius 2 is 1.94 bits per heavy atom. The molecule has 2 aliphatic heterocycles. The predicted octanol–water partition coefficient (Wildman–Crippen LogP) is 2.58. The lowest BCUT2D eigenvalue weighted by Crippen LogP contribution is -2.44. The molecule has 1 aromatic rings. The van der Waals surface area contributed by atoms with Crippen molar-refractivity contribution in [3.05, 3.63) is 29.8 Å². The van der Waals surface area contributed by atoms with Crippen LogP contribution in [-0.4, -0.2) is 88.9 Å². The summed E-state index contributed by atoms with van der Waals surface area (Å²) >= 11 is 0. The lowest BCUT2D eigenvalue weighted by atomic mass is 9.99. The summed E-state index contributed by atoms with van der Waals surface area (Å²) in [5.74, 6) is 2.48. The minimum atomic E-state index is 0. The van der Waals surface area contributed by atoms with E-state index < -0.39 is 0 Å². The van der Waals surface area contributed by atoms with Gasteiger partial charge in [0.25, 0.3) is 0 Å². The van der Waals surface area contributed by atoms with Gasteiger partial charge in [-0.15, -0.1) is 24.0 Å². The number of nitrogens with zero attached hydrogens (tertiary/aromatic N) is 3. The molecule has 2 saturated heterocycles. The summed E-state index contributed by atoms with van der Waals surface area (Å²) in [4.78, 5) is 9.89. The third-order valence-corrected chi connectivity index (χ3v) is 6.03. The van der Waals surface area contributed by atoms with Crippen molar-refractivity contribution in [2.24, 2.45) is 10.9 Å². The Kier molecular flexibility index (Phi) is 11.9. The molecule has 3 rings (SSSR count). The van der Waals surface area contributed by atoms with Gasteiger partial charge in [-0.05, 0) is 57.0 Å². The number of guanidine groups is 1. The van der Waals surface area contributed by atoms with Gasteiger partial charge in [-0.2, -0.15) is 0 Å². The van der Waals surface area contributed by atoms with E-state index in [4.69, 9.17) is 14.5 Å². The lowest BCUT2D eigenvalue weighted by Gasteiger charge is -2.34. The molecule has 0 amide bonds. The molecule has 7 nitrogen and oxygen atoms in total. The van der Waals surface area contributed by atoms with Crippen LogP contribution in [0.4, 0.5) is 0 Å². The van der Waals surface area contributed by atoms with E-state index in [9.17, 15) is 0 Å². The van der Waals surface area contributed by atoms with Crippen LogP contribution in [-0.2, 0) is 4.74 Å². The van der Waals surface area contributed by atoms with E-state index in [2.05, 4.69) is 46.5 Å². The molecule has 176 valence electrons. The molecule has 0 aliphatic carbocycles. The van der Waals surface area contributed by atoms with Crippen molar-refractivity contribution < 1.29 is 9.47 Å². The number of hydrogen-bond acceptors (Lipinski definition) is 5. The van der Waals surface area contributed by atoms with Gasteiger partial charge in [0.2, 0.25) is 0 Å². The van der Waals surface area contributed by atoms with Crippen molar-refractivity contribution in [1.82, 2.24) is 20.4 Å². The molecule has 2 N–H and O–H groups in total. The van der Waals surface area contributed by atoms with Crippen LogP contribution < -0.4 is 15.4 Å². The highest BCUT2D eigenvalue weighted by molar-refractivity contribution is 14.0. The van der Waals surface area contributed by atoms with Crippen LogP contribution in [0.1, 0.15) is 31.4 Å². The molecule has 8 heteroatoms. The maximum atomic E-state index is 5.57. The number of methoxy groups -OCH3 is 1. The van der Waals surface area contributed by atoms with E-state index in [1.807, 2.05) is 12.1 Å². The summed E-state index contributed by atoms with van der Waals surface area (Å²) in [6.07, 6.45) is 2.58. The Balaban J connectivity index is 0.00000341. The summed E-state index contributed by atoms with van der Waals surface area (Å²) in [6.45, 7) is 10.5.